The van der Waals surface area contributed by atoms with E-state index in [2.05, 4.69) is 13.8 Å². The van der Waals surface area contributed by atoms with Crippen molar-refractivity contribution in [2.24, 2.45) is 0 Å². The topological polar surface area (TPSA) is 94.6 Å². The average Bonchev–Trinajstić information content (AvgIpc) is 3.35. The van der Waals surface area contributed by atoms with Gasteiger partial charge in [-0.05, 0) is 116 Å². The molecule has 1 fully saturated rings. The van der Waals surface area contributed by atoms with Gasteiger partial charge in [0.1, 0.15) is 23.0 Å². The predicted octanol–water partition coefficient (Wildman–Crippen LogP) is 16.1. The van der Waals surface area contributed by atoms with Gasteiger partial charge in [0.2, 0.25) is 0 Å². The molecule has 364 valence electrons. The van der Waals surface area contributed by atoms with Crippen LogP contribution in [0.15, 0.2) is 97.1 Å². The molecule has 1 saturated heterocycles. The molecule has 0 N–H and O–H groups in total. The Morgan fingerprint density at radius 3 is 0.985 bits per heavy atom. The number of esters is 2. The summed E-state index contributed by atoms with van der Waals surface area (Å²) in [4.78, 5) is 43.0. The molecular formula is C58H80N2O7. The van der Waals surface area contributed by atoms with E-state index in [9.17, 15) is 14.4 Å². The van der Waals surface area contributed by atoms with Crippen molar-refractivity contribution in [1.29, 1.82) is 0 Å². The molecule has 0 bridgehead atoms. The molecule has 0 unspecified atom stereocenters. The molecule has 4 aromatic rings. The molecule has 0 saturated carbocycles. The first kappa shape index (κ1) is 52.7. The lowest BCUT2D eigenvalue weighted by molar-refractivity contribution is 0.0725. The van der Waals surface area contributed by atoms with E-state index in [1.165, 1.54) is 141 Å². The third kappa shape index (κ3) is 19.8. The van der Waals surface area contributed by atoms with Crippen molar-refractivity contribution in [3.05, 3.63) is 108 Å². The number of unbranched alkanes of at least 4 members (excludes halogenated alkanes) is 22. The monoisotopic (exact) mass is 917 g/mol. The second-order valence-corrected chi connectivity index (χ2v) is 18.2. The lowest BCUT2D eigenvalue weighted by atomic mass is 10.1. The zero-order valence-corrected chi connectivity index (χ0v) is 41.0. The van der Waals surface area contributed by atoms with Crippen molar-refractivity contribution in [3.63, 3.8) is 0 Å². The second kappa shape index (κ2) is 31.6. The van der Waals surface area contributed by atoms with Crippen LogP contribution in [0.3, 0.4) is 0 Å². The molecule has 1 aliphatic heterocycles. The van der Waals surface area contributed by atoms with Crippen molar-refractivity contribution in [2.45, 2.75) is 174 Å². The van der Waals surface area contributed by atoms with Gasteiger partial charge in [-0.2, -0.15) is 0 Å². The van der Waals surface area contributed by atoms with E-state index in [-0.39, 0.29) is 6.03 Å². The van der Waals surface area contributed by atoms with Crippen molar-refractivity contribution in [2.75, 3.05) is 36.1 Å². The van der Waals surface area contributed by atoms with Crippen LogP contribution in [0.25, 0.3) is 0 Å². The van der Waals surface area contributed by atoms with Crippen LogP contribution >= 0.6 is 0 Å². The number of urea groups is 1. The second-order valence-electron chi connectivity index (χ2n) is 18.2. The summed E-state index contributed by atoms with van der Waals surface area (Å²) in [6.45, 7) is 6.98. The van der Waals surface area contributed by atoms with Crippen molar-refractivity contribution in [3.8, 4) is 23.0 Å². The molecule has 1 heterocycles. The molecule has 9 heteroatoms. The van der Waals surface area contributed by atoms with Crippen LogP contribution in [0.2, 0.25) is 0 Å². The Hall–Kier alpha value is -5.31. The number of ether oxygens (including phenoxy) is 4. The van der Waals surface area contributed by atoms with E-state index in [0.29, 0.717) is 60.3 Å². The zero-order valence-electron chi connectivity index (χ0n) is 41.0. The number of benzene rings is 4. The van der Waals surface area contributed by atoms with Crippen LogP contribution in [0, 0.1) is 0 Å². The third-order valence-corrected chi connectivity index (χ3v) is 12.7. The summed E-state index contributed by atoms with van der Waals surface area (Å²) in [6.07, 6.45) is 32.1. The molecule has 0 radical (unpaired) electrons. The Balaban J connectivity index is 0.958. The molecule has 4 aromatic carbocycles. The number of nitrogens with zero attached hydrogens (tertiary/aromatic N) is 2. The Kier molecular flexibility index (Phi) is 24.9. The van der Waals surface area contributed by atoms with Gasteiger partial charge in [0.15, 0.2) is 0 Å². The maximum atomic E-state index is 13.7. The normalized spacial score (nSPS) is 12.6. The Morgan fingerprint density at radius 1 is 0.388 bits per heavy atom. The number of hydrogen-bond donors (Lipinski definition) is 0. The maximum absolute atomic E-state index is 13.7. The molecule has 1 aliphatic rings. The summed E-state index contributed by atoms with van der Waals surface area (Å²) in [7, 11) is 0. The zero-order chi connectivity index (χ0) is 47.2. The summed E-state index contributed by atoms with van der Waals surface area (Å²) in [5.41, 5.74) is 2.28. The SMILES string of the molecule is CCCCCCCCCCCCCCOc1ccc(C(=O)Oc2ccc(N3CCCN(c4ccc(OC(=O)c5ccc(OCCCCCCCCCCCCCC)cc5)cc4)C3=O)cc2)cc1. The summed E-state index contributed by atoms with van der Waals surface area (Å²) in [5, 5.41) is 0. The third-order valence-electron chi connectivity index (χ3n) is 12.7. The van der Waals surface area contributed by atoms with Crippen LogP contribution in [0.5, 0.6) is 23.0 Å². The van der Waals surface area contributed by atoms with Crippen molar-refractivity contribution in [1.82, 2.24) is 0 Å². The van der Waals surface area contributed by atoms with Gasteiger partial charge in [-0.25, -0.2) is 14.4 Å². The van der Waals surface area contributed by atoms with Gasteiger partial charge in [-0.15, -0.1) is 0 Å². The minimum Gasteiger partial charge on any atom is -0.494 e. The molecule has 0 spiro atoms. The van der Waals surface area contributed by atoms with Crippen LogP contribution in [-0.4, -0.2) is 44.3 Å². The van der Waals surface area contributed by atoms with Crippen LogP contribution < -0.4 is 28.7 Å². The van der Waals surface area contributed by atoms with E-state index in [0.717, 1.165) is 30.8 Å². The van der Waals surface area contributed by atoms with E-state index in [4.69, 9.17) is 18.9 Å². The van der Waals surface area contributed by atoms with Crippen molar-refractivity contribution < 1.29 is 33.3 Å². The maximum Gasteiger partial charge on any atom is 0.343 e. The molecule has 0 atom stereocenters. The first-order chi connectivity index (χ1) is 32.9. The van der Waals surface area contributed by atoms with E-state index in [1.807, 2.05) is 24.3 Å². The lowest BCUT2D eigenvalue weighted by Crippen LogP contribution is -2.49. The van der Waals surface area contributed by atoms with Gasteiger partial charge in [0, 0.05) is 24.5 Å². The molecule has 5 rings (SSSR count). The van der Waals surface area contributed by atoms with E-state index >= 15 is 0 Å². The number of carbonyl (C=O) groups is 3. The van der Waals surface area contributed by atoms with Gasteiger partial charge < -0.3 is 18.9 Å². The number of amides is 2. The molecule has 9 nitrogen and oxygen atoms in total. The fraction of sp³-hybridized carbons (Fsp3) is 0.534. The Bertz CT molecular complexity index is 1820. The molecule has 0 aromatic heterocycles. The lowest BCUT2D eigenvalue weighted by Gasteiger charge is -2.35. The molecule has 67 heavy (non-hydrogen) atoms. The van der Waals surface area contributed by atoms with Gasteiger partial charge in [0.05, 0.1) is 24.3 Å². The van der Waals surface area contributed by atoms with Gasteiger partial charge in [0.25, 0.3) is 0 Å². The molecular weight excluding hydrogens is 837 g/mol. The Labute approximate surface area is 402 Å². The predicted molar refractivity (Wildman–Crippen MR) is 274 cm³/mol. The van der Waals surface area contributed by atoms with Gasteiger partial charge in [-0.1, -0.05) is 155 Å². The van der Waals surface area contributed by atoms with E-state index in [1.54, 1.807) is 82.6 Å². The minimum absolute atomic E-state index is 0.164. The summed E-state index contributed by atoms with van der Waals surface area (Å²) in [5.74, 6) is 1.34. The molecule has 0 aliphatic carbocycles. The van der Waals surface area contributed by atoms with Gasteiger partial charge >= 0.3 is 18.0 Å². The Morgan fingerprint density at radius 2 is 0.672 bits per heavy atom. The number of anilines is 2. The summed E-state index contributed by atoms with van der Waals surface area (Å²) >= 11 is 0. The smallest absolute Gasteiger partial charge is 0.343 e. The van der Waals surface area contributed by atoms with Crippen LogP contribution in [0.4, 0.5) is 16.2 Å². The number of hydrogen-bond acceptors (Lipinski definition) is 7. The summed E-state index contributed by atoms with van der Waals surface area (Å²) in [6, 6.07) is 27.9. The molecule has 2 amide bonds. The summed E-state index contributed by atoms with van der Waals surface area (Å²) < 4.78 is 23.2. The fourth-order valence-electron chi connectivity index (χ4n) is 8.56. The number of rotatable bonds is 34. The van der Waals surface area contributed by atoms with E-state index < -0.39 is 11.9 Å². The first-order valence-corrected chi connectivity index (χ1v) is 26.1. The van der Waals surface area contributed by atoms with Crippen molar-refractivity contribution >= 4 is 29.3 Å². The highest BCUT2D eigenvalue weighted by Crippen LogP contribution is 2.29. The fourth-order valence-corrected chi connectivity index (χ4v) is 8.56. The standard InChI is InChI=1S/C58H80N2O7/c1-3-5-7-9-11-13-15-17-19-21-23-25-46-64-52-36-28-48(29-37-52)56(61)66-54-40-32-50(33-41-54)59-44-27-45-60(58(59)63)51-34-42-55(43-35-51)67-57(62)49-30-38-53(39-31-49)65-47-26-24-22-20-18-16-14-12-10-8-6-4-2/h28-43H,3-27,44-47H2,1-2H3. The van der Waals surface area contributed by atoms with Crippen LogP contribution in [-0.2, 0) is 0 Å². The first-order valence-electron chi connectivity index (χ1n) is 26.1. The highest BCUT2D eigenvalue weighted by molar-refractivity contribution is 6.04. The van der Waals surface area contributed by atoms with Crippen LogP contribution in [0.1, 0.15) is 195 Å². The number of carbonyl (C=O) groups excluding carboxylic acids is 3. The highest BCUT2D eigenvalue weighted by atomic mass is 16.5. The average molecular weight is 917 g/mol. The minimum atomic E-state index is -0.461. The quantitative estimate of drug-likeness (QED) is 0.0262. The van der Waals surface area contributed by atoms with Gasteiger partial charge in [-0.3, -0.25) is 9.80 Å². The highest BCUT2D eigenvalue weighted by Gasteiger charge is 2.28. The largest absolute Gasteiger partial charge is 0.494 e.